The maximum atomic E-state index is 13.8. The first-order valence-electron chi connectivity index (χ1n) is 9.27. The molecule has 2 N–H and O–H groups in total. The third-order valence-electron chi connectivity index (χ3n) is 4.43. The topological polar surface area (TPSA) is 104 Å². The van der Waals surface area contributed by atoms with E-state index in [1.807, 2.05) is 0 Å². The van der Waals surface area contributed by atoms with Gasteiger partial charge in [0.2, 0.25) is 0 Å². The first-order valence-corrected chi connectivity index (χ1v) is 9.27. The number of alkyl halides is 3. The third kappa shape index (κ3) is 5.65. The van der Waals surface area contributed by atoms with Crippen molar-refractivity contribution in [3.05, 3.63) is 59.8 Å². The Balaban J connectivity index is 1.70. The van der Waals surface area contributed by atoms with Crippen LogP contribution in [0.4, 0.5) is 17.6 Å². The molecule has 32 heavy (non-hydrogen) atoms. The van der Waals surface area contributed by atoms with E-state index in [-0.39, 0.29) is 30.7 Å². The van der Waals surface area contributed by atoms with Crippen LogP contribution in [0.3, 0.4) is 0 Å². The molecule has 0 amide bonds. The fraction of sp³-hybridized carbons (Fsp3) is 0.250. The highest BCUT2D eigenvalue weighted by atomic mass is 19.4. The Kier molecular flexibility index (Phi) is 6.81. The van der Waals surface area contributed by atoms with E-state index in [1.165, 1.54) is 12.1 Å². The van der Waals surface area contributed by atoms with Crippen molar-refractivity contribution in [1.29, 1.82) is 0 Å². The molecule has 12 heteroatoms. The monoisotopic (exact) mass is 449 g/mol. The van der Waals surface area contributed by atoms with Crippen LogP contribution in [0.5, 0.6) is 6.01 Å². The standard InChI is InChI=1S/C20H19F4N7O/c1-12(26-10-13-5-3-6-14(9-13)20(22,23)24)15(30-25)11-32-19-28-17(27-18(21)29-19)16-7-4-8-31(16)2/h3-9H,10-11,25H2,1-2H3. The molecule has 2 heterocycles. The van der Waals surface area contributed by atoms with E-state index < -0.39 is 17.8 Å². The Morgan fingerprint density at radius 3 is 2.59 bits per heavy atom. The molecule has 0 aliphatic carbocycles. The van der Waals surface area contributed by atoms with E-state index in [9.17, 15) is 17.6 Å². The molecule has 3 rings (SSSR count). The molecule has 0 saturated carbocycles. The molecule has 0 spiro atoms. The number of hydrogen-bond donors (Lipinski definition) is 1. The van der Waals surface area contributed by atoms with Crippen LogP contribution in [-0.2, 0) is 19.8 Å². The normalized spacial score (nSPS) is 12.8. The summed E-state index contributed by atoms with van der Waals surface area (Å²) >= 11 is 0. The van der Waals surface area contributed by atoms with Crippen molar-refractivity contribution in [2.75, 3.05) is 6.61 Å². The van der Waals surface area contributed by atoms with Gasteiger partial charge in [-0.15, -0.1) is 4.98 Å². The average Bonchev–Trinajstić information content (AvgIpc) is 3.18. The number of nitrogens with zero attached hydrogens (tertiary/aromatic N) is 6. The Morgan fingerprint density at radius 2 is 1.94 bits per heavy atom. The summed E-state index contributed by atoms with van der Waals surface area (Å²) < 4.78 is 59.5. The predicted octanol–water partition coefficient (Wildman–Crippen LogP) is 3.39. The SMILES string of the molecule is CC(=NCc1cccc(C(F)(F)F)c1)C(COc1nc(F)nc(-c2cccn2C)n1)=NN. The molecule has 3 aromatic rings. The minimum atomic E-state index is -4.44. The zero-order valence-electron chi connectivity index (χ0n) is 17.1. The second kappa shape index (κ2) is 9.54. The maximum absolute atomic E-state index is 13.8. The van der Waals surface area contributed by atoms with E-state index in [0.29, 0.717) is 17.0 Å². The lowest BCUT2D eigenvalue weighted by molar-refractivity contribution is -0.137. The molecular weight excluding hydrogens is 430 g/mol. The number of aryl methyl sites for hydroxylation is 1. The third-order valence-corrected chi connectivity index (χ3v) is 4.43. The van der Waals surface area contributed by atoms with E-state index in [4.69, 9.17) is 10.6 Å². The first kappa shape index (κ1) is 22.8. The van der Waals surface area contributed by atoms with Crippen molar-refractivity contribution >= 4 is 11.4 Å². The van der Waals surface area contributed by atoms with Gasteiger partial charge < -0.3 is 15.1 Å². The molecule has 0 aliphatic rings. The Labute approximate surface area is 180 Å². The number of aromatic nitrogens is 4. The predicted molar refractivity (Wildman–Crippen MR) is 110 cm³/mol. The Hall–Kier alpha value is -3.83. The largest absolute Gasteiger partial charge is 0.457 e. The zero-order chi connectivity index (χ0) is 23.3. The van der Waals surface area contributed by atoms with Crippen LogP contribution in [0, 0.1) is 6.08 Å². The van der Waals surface area contributed by atoms with Crippen molar-refractivity contribution in [2.24, 2.45) is 23.0 Å². The van der Waals surface area contributed by atoms with Gasteiger partial charge in [-0.1, -0.05) is 12.1 Å². The van der Waals surface area contributed by atoms with Crippen molar-refractivity contribution < 1.29 is 22.3 Å². The van der Waals surface area contributed by atoms with Crippen molar-refractivity contribution in [3.8, 4) is 17.5 Å². The smallest absolute Gasteiger partial charge is 0.416 e. The second-order valence-electron chi connectivity index (χ2n) is 6.68. The summed E-state index contributed by atoms with van der Waals surface area (Å²) in [5.41, 5.74) is 0.691. The van der Waals surface area contributed by atoms with Crippen LogP contribution in [0.2, 0.25) is 0 Å². The lowest BCUT2D eigenvalue weighted by atomic mass is 10.1. The molecule has 8 nitrogen and oxygen atoms in total. The minimum Gasteiger partial charge on any atom is -0.457 e. The van der Waals surface area contributed by atoms with Gasteiger partial charge in [0.1, 0.15) is 12.3 Å². The van der Waals surface area contributed by atoms with E-state index in [1.54, 1.807) is 36.9 Å². The lowest BCUT2D eigenvalue weighted by Gasteiger charge is -2.09. The fourth-order valence-electron chi connectivity index (χ4n) is 2.72. The molecule has 168 valence electrons. The second-order valence-corrected chi connectivity index (χ2v) is 6.68. The van der Waals surface area contributed by atoms with Gasteiger partial charge in [0.15, 0.2) is 5.82 Å². The van der Waals surface area contributed by atoms with Gasteiger partial charge in [-0.2, -0.15) is 32.6 Å². The number of rotatable bonds is 7. The summed E-state index contributed by atoms with van der Waals surface area (Å²) in [6, 6.07) is 8.02. The van der Waals surface area contributed by atoms with E-state index in [0.717, 1.165) is 12.1 Å². The molecule has 0 saturated heterocycles. The summed E-state index contributed by atoms with van der Waals surface area (Å²) in [4.78, 5) is 15.5. The summed E-state index contributed by atoms with van der Waals surface area (Å²) in [7, 11) is 1.75. The highest BCUT2D eigenvalue weighted by Gasteiger charge is 2.30. The molecule has 0 fully saturated rings. The van der Waals surface area contributed by atoms with Crippen molar-refractivity contribution in [2.45, 2.75) is 19.6 Å². The fourth-order valence-corrected chi connectivity index (χ4v) is 2.72. The van der Waals surface area contributed by atoms with Gasteiger partial charge in [-0.3, -0.25) is 4.99 Å². The molecule has 1 aromatic carbocycles. The van der Waals surface area contributed by atoms with E-state index in [2.05, 4.69) is 25.0 Å². The number of nitrogens with two attached hydrogens (primary N) is 1. The number of aliphatic imine (C=N–C) groups is 1. The molecule has 0 aliphatic heterocycles. The molecule has 0 radical (unpaired) electrons. The van der Waals surface area contributed by atoms with Crippen LogP contribution in [0.1, 0.15) is 18.1 Å². The molecule has 2 aromatic heterocycles. The van der Waals surface area contributed by atoms with Crippen LogP contribution in [-0.4, -0.2) is 37.5 Å². The van der Waals surface area contributed by atoms with Crippen LogP contribution < -0.4 is 10.6 Å². The summed E-state index contributed by atoms with van der Waals surface area (Å²) in [5, 5.41) is 3.59. The first-order chi connectivity index (χ1) is 15.2. The lowest BCUT2D eigenvalue weighted by Crippen LogP contribution is -2.22. The van der Waals surface area contributed by atoms with Gasteiger partial charge in [-0.25, -0.2) is 0 Å². The summed E-state index contributed by atoms with van der Waals surface area (Å²) in [5.74, 6) is 5.48. The zero-order valence-corrected chi connectivity index (χ0v) is 17.1. The van der Waals surface area contributed by atoms with Crippen LogP contribution >= 0.6 is 0 Å². The van der Waals surface area contributed by atoms with Crippen molar-refractivity contribution in [1.82, 2.24) is 19.5 Å². The molecule has 0 unspecified atom stereocenters. The van der Waals surface area contributed by atoms with Crippen LogP contribution in [0.25, 0.3) is 11.5 Å². The number of halogens is 4. The van der Waals surface area contributed by atoms with Crippen LogP contribution in [0.15, 0.2) is 52.7 Å². The van der Waals surface area contributed by atoms with Crippen molar-refractivity contribution in [3.63, 3.8) is 0 Å². The molecular formula is C20H19F4N7O. The Bertz CT molecular complexity index is 1150. The quantitative estimate of drug-likeness (QED) is 0.258. The maximum Gasteiger partial charge on any atom is 0.416 e. The van der Waals surface area contributed by atoms with Gasteiger partial charge in [0.25, 0.3) is 0 Å². The number of hydrogen-bond acceptors (Lipinski definition) is 7. The van der Waals surface area contributed by atoms with Gasteiger partial charge >= 0.3 is 18.3 Å². The number of hydrazone groups is 1. The highest BCUT2D eigenvalue weighted by molar-refractivity contribution is 6.42. The summed E-state index contributed by atoms with van der Waals surface area (Å²) in [6.45, 7) is 1.32. The summed E-state index contributed by atoms with van der Waals surface area (Å²) in [6.07, 6.45) is -3.71. The van der Waals surface area contributed by atoms with Gasteiger partial charge in [-0.05, 0) is 36.8 Å². The Morgan fingerprint density at radius 1 is 1.16 bits per heavy atom. The highest BCUT2D eigenvalue weighted by Crippen LogP contribution is 2.29. The molecule has 0 atom stereocenters. The van der Waals surface area contributed by atoms with Gasteiger partial charge in [0.05, 0.1) is 23.5 Å². The number of benzene rings is 1. The number of ether oxygens (including phenoxy) is 1. The molecule has 0 bridgehead atoms. The van der Waals surface area contributed by atoms with E-state index >= 15 is 0 Å². The minimum absolute atomic E-state index is 0.0210. The van der Waals surface area contributed by atoms with Gasteiger partial charge in [0, 0.05) is 13.2 Å². The average molecular weight is 449 g/mol.